The Balaban J connectivity index is 1.91. The highest BCUT2D eigenvalue weighted by Gasteiger charge is 2.53. The molecule has 2 atom stereocenters. The molecule has 2 aliphatic rings. The average molecular weight is 448 g/mol. The molecule has 0 bridgehead atoms. The molecule has 31 heavy (non-hydrogen) atoms. The van der Waals surface area contributed by atoms with Gasteiger partial charge in [-0.15, -0.1) is 0 Å². The standard InChI is InChI=1S/C21H22F2N4O3S/c1-13-21(19(28)26(2)20(24)25-13,17-9-6-15(22)12-18(17)23)14-4-7-16(8-5-14)27-10-3-11-31(27,29)30/h4-9,12-13H,3,10-11H2,1-2H3,(H2,24,25)/t13-,21+/m0/s1. The SMILES string of the molecule is C[C@@H]1N=C(N)N(C)C(=O)[C@]1(c1ccc(N2CCCS2(=O)=O)cc1)c1ccc(F)cc1F. The van der Waals surface area contributed by atoms with Crippen molar-refractivity contribution in [3.8, 4) is 0 Å². The fourth-order valence-electron chi connectivity index (χ4n) is 4.42. The lowest BCUT2D eigenvalue weighted by atomic mass is 9.67. The van der Waals surface area contributed by atoms with Crippen molar-refractivity contribution in [2.45, 2.75) is 24.8 Å². The van der Waals surface area contributed by atoms with Gasteiger partial charge in [0, 0.05) is 25.2 Å². The summed E-state index contributed by atoms with van der Waals surface area (Å²) in [5, 5.41) is 0. The number of amides is 1. The summed E-state index contributed by atoms with van der Waals surface area (Å²) in [7, 11) is -1.94. The van der Waals surface area contributed by atoms with Gasteiger partial charge < -0.3 is 5.73 Å². The van der Waals surface area contributed by atoms with Crippen LogP contribution in [0.5, 0.6) is 0 Å². The van der Waals surface area contributed by atoms with Gasteiger partial charge in [-0.05, 0) is 37.1 Å². The van der Waals surface area contributed by atoms with E-state index in [4.69, 9.17) is 5.73 Å². The highest BCUT2D eigenvalue weighted by atomic mass is 32.2. The zero-order chi connectivity index (χ0) is 22.6. The number of nitrogens with zero attached hydrogens (tertiary/aromatic N) is 3. The number of rotatable bonds is 3. The molecule has 0 aliphatic carbocycles. The van der Waals surface area contributed by atoms with Gasteiger partial charge in [-0.3, -0.25) is 14.0 Å². The van der Waals surface area contributed by atoms with Crippen molar-refractivity contribution in [2.75, 3.05) is 23.7 Å². The minimum absolute atomic E-state index is 0.00424. The fraction of sp³-hybridized carbons (Fsp3) is 0.333. The van der Waals surface area contributed by atoms with E-state index in [0.717, 1.165) is 17.0 Å². The molecule has 2 heterocycles. The van der Waals surface area contributed by atoms with Gasteiger partial charge in [0.2, 0.25) is 15.9 Å². The molecule has 2 N–H and O–H groups in total. The van der Waals surface area contributed by atoms with E-state index in [-0.39, 0.29) is 17.3 Å². The molecule has 0 aromatic heterocycles. The third-order valence-electron chi connectivity index (χ3n) is 6.00. The number of aliphatic imine (C=N–C) groups is 1. The van der Waals surface area contributed by atoms with E-state index in [0.29, 0.717) is 24.2 Å². The molecular weight excluding hydrogens is 426 g/mol. The van der Waals surface area contributed by atoms with Crippen LogP contribution in [-0.4, -0.2) is 50.6 Å². The molecule has 0 saturated carbocycles. The van der Waals surface area contributed by atoms with Crippen LogP contribution < -0.4 is 10.0 Å². The van der Waals surface area contributed by atoms with E-state index >= 15 is 0 Å². The number of anilines is 1. The van der Waals surface area contributed by atoms with E-state index < -0.39 is 39.0 Å². The summed E-state index contributed by atoms with van der Waals surface area (Å²) in [6, 6.07) is 8.61. The van der Waals surface area contributed by atoms with Crippen molar-refractivity contribution >= 4 is 27.6 Å². The molecule has 2 aliphatic heterocycles. The molecule has 7 nitrogen and oxygen atoms in total. The van der Waals surface area contributed by atoms with Gasteiger partial charge in [0.1, 0.15) is 17.0 Å². The third kappa shape index (κ3) is 3.16. The van der Waals surface area contributed by atoms with Gasteiger partial charge in [0.05, 0.1) is 17.5 Å². The molecule has 2 aromatic rings. The Morgan fingerprint density at radius 2 is 1.84 bits per heavy atom. The first-order chi connectivity index (χ1) is 14.6. The topological polar surface area (TPSA) is 96.1 Å². The van der Waals surface area contributed by atoms with Crippen LogP contribution in [0.3, 0.4) is 0 Å². The lowest BCUT2D eigenvalue weighted by molar-refractivity contribution is -0.132. The molecule has 0 unspecified atom stereocenters. The number of halogens is 2. The summed E-state index contributed by atoms with van der Waals surface area (Å²) in [4.78, 5) is 19.0. The number of sulfonamides is 1. The smallest absolute Gasteiger partial charge is 0.246 e. The van der Waals surface area contributed by atoms with Crippen LogP contribution in [-0.2, 0) is 20.2 Å². The molecule has 2 aromatic carbocycles. The zero-order valence-corrected chi connectivity index (χ0v) is 17.9. The number of likely N-dealkylation sites (N-methyl/N-ethyl adjacent to an activating group) is 1. The maximum Gasteiger partial charge on any atom is 0.246 e. The number of carbonyl (C=O) groups excluding carboxylic acids is 1. The Kier molecular flexibility index (Phi) is 5.00. The second kappa shape index (κ2) is 7.30. The van der Waals surface area contributed by atoms with Crippen molar-refractivity contribution in [1.82, 2.24) is 4.90 Å². The predicted molar refractivity (Wildman–Crippen MR) is 113 cm³/mol. The largest absolute Gasteiger partial charge is 0.369 e. The van der Waals surface area contributed by atoms with E-state index in [1.807, 2.05) is 0 Å². The average Bonchev–Trinajstić information content (AvgIpc) is 3.07. The first-order valence-corrected chi connectivity index (χ1v) is 11.4. The maximum atomic E-state index is 15.0. The van der Waals surface area contributed by atoms with Crippen LogP contribution in [0.25, 0.3) is 0 Å². The number of guanidine groups is 1. The number of hydrogen-bond acceptors (Lipinski definition) is 5. The summed E-state index contributed by atoms with van der Waals surface area (Å²) < 4.78 is 54.4. The molecule has 10 heteroatoms. The Morgan fingerprint density at radius 1 is 1.16 bits per heavy atom. The molecule has 4 rings (SSSR count). The second-order valence-corrected chi connectivity index (χ2v) is 9.76. The normalized spacial score (nSPS) is 25.6. The lowest BCUT2D eigenvalue weighted by Crippen LogP contribution is -2.59. The van der Waals surface area contributed by atoms with Crippen molar-refractivity contribution in [3.05, 3.63) is 65.2 Å². The van der Waals surface area contributed by atoms with Crippen LogP contribution in [0.4, 0.5) is 14.5 Å². The highest BCUT2D eigenvalue weighted by Crippen LogP contribution is 2.43. The molecule has 164 valence electrons. The third-order valence-corrected chi connectivity index (χ3v) is 7.87. The fourth-order valence-corrected chi connectivity index (χ4v) is 5.98. The number of benzene rings is 2. The van der Waals surface area contributed by atoms with E-state index in [1.54, 1.807) is 31.2 Å². The Labute approximate surface area is 179 Å². The Hall–Kier alpha value is -3.01. The lowest BCUT2D eigenvalue weighted by Gasteiger charge is -2.43. The molecular formula is C21H22F2N4O3S. The monoisotopic (exact) mass is 448 g/mol. The van der Waals surface area contributed by atoms with Crippen LogP contribution in [0.1, 0.15) is 24.5 Å². The van der Waals surface area contributed by atoms with Crippen LogP contribution in [0, 0.1) is 11.6 Å². The highest BCUT2D eigenvalue weighted by molar-refractivity contribution is 7.93. The van der Waals surface area contributed by atoms with E-state index in [9.17, 15) is 22.0 Å². The van der Waals surface area contributed by atoms with Crippen molar-refractivity contribution in [1.29, 1.82) is 0 Å². The summed E-state index contributed by atoms with van der Waals surface area (Å²) in [6.45, 7) is 2.01. The molecule has 0 spiro atoms. The van der Waals surface area contributed by atoms with Gasteiger partial charge >= 0.3 is 0 Å². The second-order valence-electron chi connectivity index (χ2n) is 7.75. The van der Waals surface area contributed by atoms with Crippen molar-refractivity contribution in [3.63, 3.8) is 0 Å². The van der Waals surface area contributed by atoms with Gasteiger partial charge in [-0.2, -0.15) is 0 Å². The molecule has 1 saturated heterocycles. The van der Waals surface area contributed by atoms with Crippen molar-refractivity contribution < 1.29 is 22.0 Å². The van der Waals surface area contributed by atoms with Gasteiger partial charge in [0.15, 0.2) is 5.96 Å². The van der Waals surface area contributed by atoms with E-state index in [1.165, 1.54) is 17.4 Å². The maximum absolute atomic E-state index is 15.0. The first-order valence-electron chi connectivity index (χ1n) is 9.77. The number of carbonyl (C=O) groups is 1. The summed E-state index contributed by atoms with van der Waals surface area (Å²) >= 11 is 0. The molecule has 1 amide bonds. The summed E-state index contributed by atoms with van der Waals surface area (Å²) in [6.07, 6.45) is 0.531. The summed E-state index contributed by atoms with van der Waals surface area (Å²) in [5.41, 5.74) is 5.10. The zero-order valence-electron chi connectivity index (χ0n) is 17.0. The van der Waals surface area contributed by atoms with Gasteiger partial charge in [-0.1, -0.05) is 18.2 Å². The first kappa shape index (κ1) is 21.2. The van der Waals surface area contributed by atoms with E-state index in [2.05, 4.69) is 4.99 Å². The predicted octanol–water partition coefficient (Wildman–Crippen LogP) is 1.97. The van der Waals surface area contributed by atoms with Gasteiger partial charge in [-0.25, -0.2) is 22.2 Å². The van der Waals surface area contributed by atoms with Gasteiger partial charge in [0.25, 0.3) is 0 Å². The van der Waals surface area contributed by atoms with Crippen molar-refractivity contribution in [2.24, 2.45) is 10.7 Å². The Bertz CT molecular complexity index is 1180. The van der Waals surface area contributed by atoms with Crippen LogP contribution in [0.2, 0.25) is 0 Å². The number of nitrogens with two attached hydrogens (primary N) is 1. The minimum atomic E-state index is -3.38. The van der Waals surface area contributed by atoms with Crippen LogP contribution in [0.15, 0.2) is 47.5 Å². The molecule has 0 radical (unpaired) electrons. The minimum Gasteiger partial charge on any atom is -0.369 e. The summed E-state index contributed by atoms with van der Waals surface area (Å²) in [5.74, 6) is -2.09. The Morgan fingerprint density at radius 3 is 2.42 bits per heavy atom. The molecule has 1 fully saturated rings. The van der Waals surface area contributed by atoms with Crippen LogP contribution >= 0.6 is 0 Å². The number of hydrogen-bond donors (Lipinski definition) is 1. The quantitative estimate of drug-likeness (QED) is 0.777.